The lowest BCUT2D eigenvalue weighted by molar-refractivity contribution is -0.113. The van der Waals surface area contributed by atoms with Gasteiger partial charge in [-0.25, -0.2) is 4.68 Å². The number of hydrogen-bond donors (Lipinski definition) is 2. The fourth-order valence-electron chi connectivity index (χ4n) is 4.17. The Balaban J connectivity index is 1.47. The van der Waals surface area contributed by atoms with E-state index in [0.29, 0.717) is 22.4 Å². The summed E-state index contributed by atoms with van der Waals surface area (Å²) < 4.78 is 7.15. The van der Waals surface area contributed by atoms with Crippen LogP contribution in [0.3, 0.4) is 0 Å². The Morgan fingerprint density at radius 3 is 2.58 bits per heavy atom. The van der Waals surface area contributed by atoms with E-state index in [2.05, 4.69) is 28.8 Å². The van der Waals surface area contributed by atoms with Crippen LogP contribution in [-0.4, -0.2) is 27.8 Å². The predicted molar refractivity (Wildman–Crippen MR) is 143 cm³/mol. The topological polar surface area (TPSA) is 81.1 Å². The van der Waals surface area contributed by atoms with E-state index in [0.717, 1.165) is 33.8 Å². The minimum Gasteiger partial charge on any atom is -0.497 e. The highest BCUT2D eigenvalue weighted by Crippen LogP contribution is 2.37. The van der Waals surface area contributed by atoms with Crippen LogP contribution < -0.4 is 15.4 Å². The van der Waals surface area contributed by atoms with E-state index in [1.807, 2.05) is 79.2 Å². The molecule has 0 aliphatic carbocycles. The molecule has 0 radical (unpaired) electrons. The third kappa shape index (κ3) is 4.99. The SMILES string of the molecule is COc1cccc(CSc2nc3n(n2)[C@H](c2ccc(C)cc2)C(C(=O)Nc2ccccc2)=C(C)N3)c1. The number of allylic oxidation sites excluding steroid dienone is 1. The number of carbonyl (C=O) groups is 1. The number of fused-ring (bicyclic) bond motifs is 1. The number of rotatable bonds is 7. The van der Waals surface area contributed by atoms with E-state index in [9.17, 15) is 4.79 Å². The lowest BCUT2D eigenvalue weighted by Crippen LogP contribution is -2.31. The number of para-hydroxylation sites is 1. The lowest BCUT2D eigenvalue weighted by atomic mass is 9.94. The van der Waals surface area contributed by atoms with Crippen LogP contribution in [0.4, 0.5) is 11.6 Å². The van der Waals surface area contributed by atoms with Gasteiger partial charge in [-0.15, -0.1) is 5.10 Å². The van der Waals surface area contributed by atoms with Gasteiger partial charge >= 0.3 is 0 Å². The molecule has 2 N–H and O–H groups in total. The van der Waals surface area contributed by atoms with Crippen molar-refractivity contribution < 1.29 is 9.53 Å². The fraction of sp³-hybridized carbons (Fsp3) is 0.179. The van der Waals surface area contributed by atoms with E-state index in [1.165, 1.54) is 0 Å². The maximum absolute atomic E-state index is 13.5. The van der Waals surface area contributed by atoms with Crippen molar-refractivity contribution in [3.8, 4) is 5.75 Å². The van der Waals surface area contributed by atoms with Gasteiger partial charge in [0.15, 0.2) is 0 Å². The second kappa shape index (κ2) is 10.3. The Bertz CT molecular complexity index is 1410. The van der Waals surface area contributed by atoms with Gasteiger partial charge in [0.2, 0.25) is 11.1 Å². The summed E-state index contributed by atoms with van der Waals surface area (Å²) in [6, 6.07) is 25.2. The van der Waals surface area contributed by atoms with Crippen molar-refractivity contribution in [2.24, 2.45) is 0 Å². The third-order valence-corrected chi connectivity index (χ3v) is 6.91. The molecule has 0 fully saturated rings. The Hall–Kier alpha value is -4.04. The van der Waals surface area contributed by atoms with Crippen LogP contribution in [-0.2, 0) is 10.5 Å². The second-order valence-corrected chi connectivity index (χ2v) is 9.54. The number of carbonyl (C=O) groups excluding carboxylic acids is 1. The second-order valence-electron chi connectivity index (χ2n) is 8.60. The van der Waals surface area contributed by atoms with Crippen molar-refractivity contribution in [3.05, 3.63) is 107 Å². The van der Waals surface area contributed by atoms with Crippen molar-refractivity contribution in [2.75, 3.05) is 17.7 Å². The van der Waals surface area contributed by atoms with Crippen LogP contribution in [0.25, 0.3) is 0 Å². The number of thioether (sulfide) groups is 1. The predicted octanol–water partition coefficient (Wildman–Crippen LogP) is 5.82. The number of aromatic nitrogens is 3. The molecule has 1 aromatic heterocycles. The average molecular weight is 498 g/mol. The standard InChI is InChI=1S/C28H27N5O2S/c1-18-12-14-21(15-13-18)25-24(26(34)30-22-9-5-4-6-10-22)19(2)29-27-31-28(32-33(25)27)36-17-20-8-7-11-23(16-20)35-3/h4-16,25H,17H2,1-3H3,(H,30,34)(H,29,31,32)/t25-/m1/s1. The molecule has 1 aliphatic rings. The minimum atomic E-state index is -0.413. The first-order valence-corrected chi connectivity index (χ1v) is 12.6. The molecule has 1 amide bonds. The molecule has 5 rings (SSSR count). The Morgan fingerprint density at radius 1 is 1.06 bits per heavy atom. The molecule has 0 spiro atoms. The highest BCUT2D eigenvalue weighted by Gasteiger charge is 2.34. The van der Waals surface area contributed by atoms with Gasteiger partial charge in [0.25, 0.3) is 5.91 Å². The minimum absolute atomic E-state index is 0.177. The van der Waals surface area contributed by atoms with Crippen LogP contribution in [0.1, 0.15) is 29.7 Å². The summed E-state index contributed by atoms with van der Waals surface area (Å²) in [5.41, 5.74) is 5.33. The highest BCUT2D eigenvalue weighted by atomic mass is 32.2. The summed E-state index contributed by atoms with van der Waals surface area (Å²) >= 11 is 1.54. The Labute approximate surface area is 214 Å². The number of amides is 1. The van der Waals surface area contributed by atoms with Crippen molar-refractivity contribution >= 4 is 29.3 Å². The zero-order valence-corrected chi connectivity index (χ0v) is 21.2. The quantitative estimate of drug-likeness (QED) is 0.314. The van der Waals surface area contributed by atoms with Crippen LogP contribution in [0.5, 0.6) is 5.75 Å². The fourth-order valence-corrected chi connectivity index (χ4v) is 4.95. The molecule has 0 saturated carbocycles. The molecule has 36 heavy (non-hydrogen) atoms. The summed E-state index contributed by atoms with van der Waals surface area (Å²) in [6.07, 6.45) is 0. The van der Waals surface area contributed by atoms with Crippen LogP contribution in [0.2, 0.25) is 0 Å². The molecule has 1 aliphatic heterocycles. The molecule has 4 aromatic rings. The van der Waals surface area contributed by atoms with Gasteiger partial charge in [-0.1, -0.05) is 71.9 Å². The van der Waals surface area contributed by atoms with Gasteiger partial charge in [0.05, 0.1) is 12.7 Å². The van der Waals surface area contributed by atoms with Crippen molar-refractivity contribution in [1.82, 2.24) is 14.8 Å². The first-order valence-electron chi connectivity index (χ1n) is 11.6. The zero-order valence-electron chi connectivity index (χ0n) is 20.4. The van der Waals surface area contributed by atoms with E-state index in [4.69, 9.17) is 14.8 Å². The van der Waals surface area contributed by atoms with Gasteiger partial charge in [0, 0.05) is 17.1 Å². The van der Waals surface area contributed by atoms with Crippen molar-refractivity contribution in [1.29, 1.82) is 0 Å². The molecule has 2 heterocycles. The summed E-state index contributed by atoms with van der Waals surface area (Å²) in [7, 11) is 1.66. The van der Waals surface area contributed by atoms with Crippen LogP contribution >= 0.6 is 11.8 Å². The molecule has 1 atom stereocenters. The number of anilines is 2. The van der Waals surface area contributed by atoms with Crippen molar-refractivity contribution in [2.45, 2.75) is 30.8 Å². The van der Waals surface area contributed by atoms with Gasteiger partial charge < -0.3 is 15.4 Å². The number of aryl methyl sites for hydroxylation is 1. The number of hydrogen-bond acceptors (Lipinski definition) is 6. The highest BCUT2D eigenvalue weighted by molar-refractivity contribution is 7.98. The molecule has 0 saturated heterocycles. The molecular formula is C28H27N5O2S. The number of nitrogens with one attached hydrogen (secondary N) is 2. The average Bonchev–Trinajstić information content (AvgIpc) is 3.30. The Morgan fingerprint density at radius 2 is 1.83 bits per heavy atom. The van der Waals surface area contributed by atoms with Gasteiger partial charge in [0.1, 0.15) is 11.8 Å². The van der Waals surface area contributed by atoms with Gasteiger partial charge in [-0.3, -0.25) is 4.79 Å². The molecule has 0 bridgehead atoms. The van der Waals surface area contributed by atoms with E-state index >= 15 is 0 Å². The van der Waals surface area contributed by atoms with E-state index < -0.39 is 6.04 Å². The third-order valence-electron chi connectivity index (χ3n) is 6.00. The largest absolute Gasteiger partial charge is 0.497 e. The summed E-state index contributed by atoms with van der Waals surface area (Å²) in [5, 5.41) is 11.8. The van der Waals surface area contributed by atoms with Gasteiger partial charge in [-0.05, 0) is 49.2 Å². The van der Waals surface area contributed by atoms with E-state index in [1.54, 1.807) is 18.9 Å². The molecular weight excluding hydrogens is 470 g/mol. The van der Waals surface area contributed by atoms with Crippen LogP contribution in [0.15, 0.2) is 95.3 Å². The molecule has 0 unspecified atom stereocenters. The number of ether oxygens (including phenoxy) is 1. The van der Waals surface area contributed by atoms with Gasteiger partial charge in [-0.2, -0.15) is 4.98 Å². The molecule has 182 valence electrons. The normalized spacial score (nSPS) is 14.7. The molecule has 8 heteroatoms. The number of nitrogens with zero attached hydrogens (tertiary/aromatic N) is 3. The summed E-state index contributed by atoms with van der Waals surface area (Å²) in [4.78, 5) is 18.3. The van der Waals surface area contributed by atoms with Crippen LogP contribution in [0, 0.1) is 6.92 Å². The molecule has 3 aromatic carbocycles. The maximum atomic E-state index is 13.5. The first-order chi connectivity index (χ1) is 17.5. The first kappa shape index (κ1) is 23.7. The number of benzene rings is 3. The Kier molecular flexibility index (Phi) is 6.77. The summed E-state index contributed by atoms with van der Waals surface area (Å²) in [5.74, 6) is 1.95. The van der Waals surface area contributed by atoms with Crippen molar-refractivity contribution in [3.63, 3.8) is 0 Å². The monoisotopic (exact) mass is 497 g/mol. The molecule has 7 nitrogen and oxygen atoms in total. The maximum Gasteiger partial charge on any atom is 0.255 e. The smallest absolute Gasteiger partial charge is 0.255 e. The zero-order chi connectivity index (χ0) is 25.1. The number of methoxy groups -OCH3 is 1. The van der Waals surface area contributed by atoms with E-state index in [-0.39, 0.29) is 5.91 Å². The lowest BCUT2D eigenvalue weighted by Gasteiger charge is -2.28. The summed E-state index contributed by atoms with van der Waals surface area (Å²) in [6.45, 7) is 3.95.